The first-order valence-electron chi connectivity index (χ1n) is 11.5. The van der Waals surface area contributed by atoms with E-state index in [0.717, 1.165) is 27.8 Å². The highest BCUT2D eigenvalue weighted by Gasteiger charge is 2.19. The summed E-state index contributed by atoms with van der Waals surface area (Å²) in [5.74, 6) is 0.773. The van der Waals surface area contributed by atoms with Gasteiger partial charge in [0.2, 0.25) is 5.78 Å². The zero-order valence-corrected chi connectivity index (χ0v) is 21.2. The summed E-state index contributed by atoms with van der Waals surface area (Å²) in [7, 11) is 0. The second-order valence-electron chi connectivity index (χ2n) is 8.47. The van der Waals surface area contributed by atoms with Gasteiger partial charge in [0.05, 0.1) is 16.7 Å². The molecule has 0 saturated heterocycles. The summed E-state index contributed by atoms with van der Waals surface area (Å²) in [5, 5.41) is 9.89. The Bertz CT molecular complexity index is 1440. The molecule has 0 atom stereocenters. The molecule has 2 heterocycles. The molecule has 8 heteroatoms. The normalized spacial score (nSPS) is 11.6. The minimum atomic E-state index is -0.0964. The highest BCUT2D eigenvalue weighted by molar-refractivity contribution is 7.99. The van der Waals surface area contributed by atoms with Crippen molar-refractivity contribution in [1.82, 2.24) is 19.2 Å². The second kappa shape index (κ2) is 10.1. The van der Waals surface area contributed by atoms with Gasteiger partial charge >= 0.3 is 0 Å². The fourth-order valence-electron chi connectivity index (χ4n) is 4.21. The first-order chi connectivity index (χ1) is 16.3. The van der Waals surface area contributed by atoms with Crippen LogP contribution in [0.5, 0.6) is 0 Å². The van der Waals surface area contributed by atoms with Crippen molar-refractivity contribution >= 4 is 34.2 Å². The summed E-state index contributed by atoms with van der Waals surface area (Å²) in [5.41, 5.74) is 5.91. The average molecular weight is 479 g/mol. The van der Waals surface area contributed by atoms with E-state index in [-0.39, 0.29) is 17.1 Å². The first kappa shape index (κ1) is 24.2. The number of benzene rings is 2. The Morgan fingerprint density at radius 2 is 1.82 bits per heavy atom. The lowest BCUT2D eigenvalue weighted by atomic mass is 9.93. The number of Topliss-reactive ketones (excluding diaryl/α,β-unsaturated/α-hetero) is 1. The number of aromatic nitrogens is 4. The van der Waals surface area contributed by atoms with Crippen molar-refractivity contribution in [2.45, 2.75) is 52.7 Å². The van der Waals surface area contributed by atoms with Crippen LogP contribution in [0.25, 0.3) is 16.7 Å². The van der Waals surface area contributed by atoms with Crippen molar-refractivity contribution in [3.05, 3.63) is 68.5 Å². The van der Waals surface area contributed by atoms with Gasteiger partial charge in [-0.2, -0.15) is 0 Å². The molecule has 2 aromatic heterocycles. The topological polar surface area (TPSA) is 78.5 Å². The number of carbonyl (C=O) groups is 1. The smallest absolute Gasteiger partial charge is 0.262 e. The van der Waals surface area contributed by atoms with E-state index < -0.39 is 0 Å². The van der Waals surface area contributed by atoms with Gasteiger partial charge in [-0.25, -0.2) is 0 Å². The Balaban J connectivity index is 1.70. The Morgan fingerprint density at radius 1 is 1.06 bits per heavy atom. The molecule has 0 spiro atoms. The number of hydrogen-bond donors (Lipinski definition) is 0. The van der Waals surface area contributed by atoms with E-state index in [0.29, 0.717) is 42.5 Å². The highest BCUT2D eigenvalue weighted by Crippen LogP contribution is 2.26. The number of nitrogens with zero attached hydrogens (tertiary/aromatic N) is 4. The van der Waals surface area contributed by atoms with Crippen LogP contribution in [0.1, 0.15) is 46.0 Å². The third-order valence-corrected chi connectivity index (χ3v) is 7.40. The first-order valence-corrected chi connectivity index (χ1v) is 12.5. The molecule has 4 rings (SSSR count). The molecule has 0 bridgehead atoms. The van der Waals surface area contributed by atoms with Gasteiger partial charge in [0.15, 0.2) is 10.9 Å². The maximum Gasteiger partial charge on any atom is 0.262 e. The SMILES string of the molecule is CCOCCCn1c(=O)c2ccccc2n2c(SCC(=O)c3cc(C)c(C)c(C)c3C)nnc12. The van der Waals surface area contributed by atoms with Crippen LogP contribution in [0, 0.1) is 27.7 Å². The minimum absolute atomic E-state index is 0.0554. The number of ether oxygens (including phenoxy) is 1. The number of hydrogen-bond acceptors (Lipinski definition) is 6. The van der Waals surface area contributed by atoms with Gasteiger partial charge in [-0.1, -0.05) is 23.9 Å². The Hall–Kier alpha value is -2.97. The maximum atomic E-state index is 13.2. The molecule has 0 aliphatic rings. The van der Waals surface area contributed by atoms with Gasteiger partial charge in [-0.15, -0.1) is 10.2 Å². The molecule has 0 aliphatic carbocycles. The number of rotatable bonds is 9. The molecule has 0 aliphatic heterocycles. The Kier molecular flexibility index (Phi) is 7.19. The lowest BCUT2D eigenvalue weighted by molar-refractivity contribution is 0.102. The largest absolute Gasteiger partial charge is 0.382 e. The Morgan fingerprint density at radius 3 is 2.59 bits per heavy atom. The molecule has 178 valence electrons. The summed E-state index contributed by atoms with van der Waals surface area (Å²) in [4.78, 5) is 26.3. The number of carbonyl (C=O) groups excluding carboxylic acids is 1. The fourth-order valence-corrected chi connectivity index (χ4v) is 5.03. The van der Waals surface area contributed by atoms with E-state index in [4.69, 9.17) is 4.74 Å². The van der Waals surface area contributed by atoms with Crippen molar-refractivity contribution in [2.75, 3.05) is 19.0 Å². The van der Waals surface area contributed by atoms with Crippen molar-refractivity contribution in [1.29, 1.82) is 0 Å². The lowest BCUT2D eigenvalue weighted by Gasteiger charge is -2.13. The summed E-state index contributed by atoms with van der Waals surface area (Å²) in [6.45, 7) is 11.8. The molecule has 0 unspecified atom stereocenters. The van der Waals surface area contributed by atoms with Crippen molar-refractivity contribution in [3.63, 3.8) is 0 Å². The van der Waals surface area contributed by atoms with Crippen molar-refractivity contribution in [2.24, 2.45) is 0 Å². The quantitative estimate of drug-likeness (QED) is 0.197. The van der Waals surface area contributed by atoms with Gasteiger partial charge in [0.25, 0.3) is 5.56 Å². The summed E-state index contributed by atoms with van der Waals surface area (Å²) < 4.78 is 8.97. The van der Waals surface area contributed by atoms with Gasteiger partial charge in [-0.3, -0.25) is 18.6 Å². The number of thioether (sulfide) groups is 1. The molecule has 4 aromatic rings. The lowest BCUT2D eigenvalue weighted by Crippen LogP contribution is -2.24. The third kappa shape index (κ3) is 4.40. The van der Waals surface area contributed by atoms with Crippen LogP contribution < -0.4 is 5.56 Å². The molecule has 34 heavy (non-hydrogen) atoms. The number of aryl methyl sites for hydroxylation is 2. The fraction of sp³-hybridized carbons (Fsp3) is 0.385. The van der Waals surface area contributed by atoms with E-state index in [1.54, 1.807) is 4.57 Å². The van der Waals surface area contributed by atoms with Gasteiger partial charge in [0, 0.05) is 25.3 Å². The summed E-state index contributed by atoms with van der Waals surface area (Å²) in [6, 6.07) is 9.43. The molecule has 0 amide bonds. The molecule has 0 N–H and O–H groups in total. The summed E-state index contributed by atoms with van der Waals surface area (Å²) in [6.07, 6.45) is 0.695. The monoisotopic (exact) mass is 478 g/mol. The van der Waals surface area contributed by atoms with E-state index in [1.165, 1.54) is 17.3 Å². The molecule has 0 radical (unpaired) electrons. The highest BCUT2D eigenvalue weighted by atomic mass is 32.2. The van der Waals surface area contributed by atoms with Gasteiger partial charge in [-0.05, 0) is 81.5 Å². The molecule has 2 aromatic carbocycles. The van der Waals surface area contributed by atoms with Crippen LogP contribution in [0.2, 0.25) is 0 Å². The second-order valence-corrected chi connectivity index (χ2v) is 9.41. The maximum absolute atomic E-state index is 13.2. The minimum Gasteiger partial charge on any atom is -0.382 e. The van der Waals surface area contributed by atoms with E-state index in [2.05, 4.69) is 24.0 Å². The predicted octanol–water partition coefficient (Wildman–Crippen LogP) is 4.68. The molecule has 0 fully saturated rings. The van der Waals surface area contributed by atoms with Crippen LogP contribution in [0.3, 0.4) is 0 Å². The van der Waals surface area contributed by atoms with Crippen LogP contribution in [0.4, 0.5) is 0 Å². The van der Waals surface area contributed by atoms with E-state index in [9.17, 15) is 9.59 Å². The van der Waals surface area contributed by atoms with Crippen molar-refractivity contribution in [3.8, 4) is 0 Å². The third-order valence-electron chi connectivity index (χ3n) is 6.47. The summed E-state index contributed by atoms with van der Waals surface area (Å²) >= 11 is 1.35. The van der Waals surface area contributed by atoms with E-state index >= 15 is 0 Å². The molecule has 7 nitrogen and oxygen atoms in total. The molecular formula is C26H30N4O3S. The molecule has 0 saturated carbocycles. The number of fused-ring (bicyclic) bond motifs is 3. The van der Waals surface area contributed by atoms with Crippen LogP contribution >= 0.6 is 11.8 Å². The van der Waals surface area contributed by atoms with Crippen LogP contribution in [0.15, 0.2) is 40.3 Å². The zero-order chi connectivity index (χ0) is 24.4. The number of ketones is 1. The van der Waals surface area contributed by atoms with Crippen molar-refractivity contribution < 1.29 is 9.53 Å². The van der Waals surface area contributed by atoms with Gasteiger partial charge in [0.1, 0.15) is 0 Å². The number of para-hydroxylation sites is 1. The Labute approximate surface area is 203 Å². The molecular weight excluding hydrogens is 448 g/mol. The zero-order valence-electron chi connectivity index (χ0n) is 20.3. The predicted molar refractivity (Wildman–Crippen MR) is 136 cm³/mol. The van der Waals surface area contributed by atoms with E-state index in [1.807, 2.05) is 55.5 Å². The van der Waals surface area contributed by atoms with Gasteiger partial charge < -0.3 is 4.74 Å². The van der Waals surface area contributed by atoms with Crippen LogP contribution in [-0.2, 0) is 11.3 Å². The average Bonchev–Trinajstić information content (AvgIpc) is 3.27. The standard InChI is InChI=1S/C26H30N4O3S/c1-6-33-13-9-12-29-24(32)20-10-7-8-11-22(20)30-25(29)27-28-26(30)34-15-23(31)21-14-16(2)17(3)18(4)19(21)5/h7-8,10-11,14H,6,9,12-13,15H2,1-5H3. The van der Waals surface area contributed by atoms with Crippen LogP contribution in [-0.4, -0.2) is 43.9 Å².